The van der Waals surface area contributed by atoms with Crippen LogP contribution in [-0.2, 0) is 19.4 Å². The van der Waals surface area contributed by atoms with Gasteiger partial charge in [0.2, 0.25) is 11.8 Å². The fraction of sp³-hybridized carbons (Fsp3) is 0.917. The van der Waals surface area contributed by atoms with Crippen LogP contribution in [-0.4, -0.2) is 65.7 Å². The van der Waals surface area contributed by atoms with Gasteiger partial charge in [-0.25, -0.2) is 8.42 Å². The average Bonchev–Trinajstić information content (AvgIpc) is 3.57. The molecule has 7 heteroatoms. The van der Waals surface area contributed by atoms with Gasteiger partial charge in [-0.05, 0) is 83.0 Å². The molecule has 0 N–H and O–H groups in total. The maximum atomic E-state index is 13.1. The van der Waals surface area contributed by atoms with E-state index < -0.39 is 9.84 Å². The van der Waals surface area contributed by atoms with E-state index in [2.05, 4.69) is 11.8 Å². The number of nitrogens with zero attached hydrogens (tertiary/aromatic N) is 2. The Kier molecular flexibility index (Phi) is 6.72. The Labute approximate surface area is 188 Å². The largest absolute Gasteiger partial charge is 0.335 e. The van der Waals surface area contributed by atoms with Gasteiger partial charge in [-0.15, -0.1) is 0 Å². The Balaban J connectivity index is 1.45. The summed E-state index contributed by atoms with van der Waals surface area (Å²) in [5.74, 6) is 2.04. The second-order valence-electron chi connectivity index (χ2n) is 10.7. The fourth-order valence-corrected chi connectivity index (χ4v) is 8.71. The van der Waals surface area contributed by atoms with Gasteiger partial charge >= 0.3 is 0 Å². The van der Waals surface area contributed by atoms with E-state index in [1.165, 1.54) is 0 Å². The van der Waals surface area contributed by atoms with Crippen molar-refractivity contribution in [2.75, 3.05) is 12.3 Å². The molecule has 4 fully saturated rings. The molecule has 4 aliphatic rings. The Morgan fingerprint density at radius 3 is 2.13 bits per heavy atom. The predicted octanol–water partition coefficient (Wildman–Crippen LogP) is 3.40. The van der Waals surface area contributed by atoms with Crippen LogP contribution in [0.1, 0.15) is 85.0 Å². The number of hydrogen-bond donors (Lipinski definition) is 0. The Morgan fingerprint density at radius 1 is 0.903 bits per heavy atom. The Bertz CT molecular complexity index is 785. The SMILES string of the molecule is CCCS(=O)(=O)C1CCC(C2CCC3C(C2)N(C(=O)C2CC2)C[C@H](C)N3C(C)=O)CC1. The lowest BCUT2D eigenvalue weighted by molar-refractivity contribution is -0.155. The van der Waals surface area contributed by atoms with Crippen molar-refractivity contribution in [3.8, 4) is 0 Å². The van der Waals surface area contributed by atoms with Gasteiger partial charge in [-0.1, -0.05) is 6.92 Å². The first-order valence-corrected chi connectivity index (χ1v) is 14.2. The highest BCUT2D eigenvalue weighted by Gasteiger charge is 2.49. The highest BCUT2D eigenvalue weighted by molar-refractivity contribution is 7.92. The van der Waals surface area contributed by atoms with Gasteiger partial charge in [0.05, 0.1) is 23.1 Å². The molecular formula is C24H40N2O4S. The standard InChI is InChI=1S/C24H40N2O4S/c1-4-13-31(29,30)21-10-7-18(8-11-21)20-9-12-22-23(14-20)25(24(28)19-5-6-19)15-16(2)26(22)17(3)27/h16,18-23H,4-15H2,1-3H3/t16-,18?,20?,21?,22?,23?/m0/s1. The number of amides is 2. The van der Waals surface area contributed by atoms with Crippen LogP contribution in [0.25, 0.3) is 0 Å². The molecule has 31 heavy (non-hydrogen) atoms. The summed E-state index contributed by atoms with van der Waals surface area (Å²) < 4.78 is 25.0. The first-order valence-electron chi connectivity index (χ1n) is 12.5. The maximum Gasteiger partial charge on any atom is 0.226 e. The molecule has 0 aromatic rings. The minimum atomic E-state index is -2.95. The normalized spacial score (nSPS) is 36.7. The first kappa shape index (κ1) is 23.1. The molecule has 3 aliphatic carbocycles. The summed E-state index contributed by atoms with van der Waals surface area (Å²) in [5.41, 5.74) is 0. The lowest BCUT2D eigenvalue weighted by Gasteiger charge is -2.55. The average molecular weight is 453 g/mol. The molecule has 1 aliphatic heterocycles. The molecule has 2 amide bonds. The number of piperazine rings is 1. The molecule has 3 unspecified atom stereocenters. The molecule has 0 radical (unpaired) electrons. The second-order valence-corrected chi connectivity index (χ2v) is 13.1. The van der Waals surface area contributed by atoms with Crippen LogP contribution in [0.5, 0.6) is 0 Å². The quantitative estimate of drug-likeness (QED) is 0.641. The molecule has 3 saturated carbocycles. The topological polar surface area (TPSA) is 74.8 Å². The smallest absolute Gasteiger partial charge is 0.226 e. The van der Waals surface area contributed by atoms with E-state index in [1.807, 2.05) is 11.8 Å². The van der Waals surface area contributed by atoms with Gasteiger partial charge in [-0.2, -0.15) is 0 Å². The van der Waals surface area contributed by atoms with Crippen LogP contribution in [0.15, 0.2) is 0 Å². The number of hydrogen-bond acceptors (Lipinski definition) is 4. The van der Waals surface area contributed by atoms with E-state index in [9.17, 15) is 18.0 Å². The third-order valence-electron chi connectivity index (χ3n) is 8.47. The van der Waals surface area contributed by atoms with Crippen LogP contribution < -0.4 is 0 Å². The molecule has 0 aromatic carbocycles. The summed E-state index contributed by atoms with van der Waals surface area (Å²) in [7, 11) is -2.95. The molecule has 176 valence electrons. The van der Waals surface area contributed by atoms with E-state index in [4.69, 9.17) is 0 Å². The molecule has 4 rings (SSSR count). The summed E-state index contributed by atoms with van der Waals surface area (Å²) in [5, 5.41) is -0.156. The summed E-state index contributed by atoms with van der Waals surface area (Å²) in [4.78, 5) is 29.7. The monoisotopic (exact) mass is 452 g/mol. The third kappa shape index (κ3) is 4.67. The van der Waals surface area contributed by atoms with Gasteiger partial charge < -0.3 is 9.80 Å². The van der Waals surface area contributed by atoms with Crippen molar-refractivity contribution in [2.24, 2.45) is 17.8 Å². The first-order chi connectivity index (χ1) is 14.7. The molecular weight excluding hydrogens is 412 g/mol. The number of carbonyl (C=O) groups excluding carboxylic acids is 2. The van der Waals surface area contributed by atoms with Crippen molar-refractivity contribution in [1.29, 1.82) is 0 Å². The van der Waals surface area contributed by atoms with Crippen molar-refractivity contribution >= 4 is 21.7 Å². The van der Waals surface area contributed by atoms with Crippen LogP contribution in [0.3, 0.4) is 0 Å². The van der Waals surface area contributed by atoms with Crippen LogP contribution >= 0.6 is 0 Å². The van der Waals surface area contributed by atoms with Gasteiger partial charge in [0.25, 0.3) is 0 Å². The molecule has 0 aromatic heterocycles. The maximum absolute atomic E-state index is 13.1. The summed E-state index contributed by atoms with van der Waals surface area (Å²) in [6, 6.07) is 0.354. The fourth-order valence-electron chi connectivity index (χ4n) is 6.82. The number of fused-ring (bicyclic) bond motifs is 1. The highest BCUT2D eigenvalue weighted by Crippen LogP contribution is 2.45. The zero-order valence-electron chi connectivity index (χ0n) is 19.5. The molecule has 1 saturated heterocycles. The van der Waals surface area contributed by atoms with Crippen molar-refractivity contribution in [1.82, 2.24) is 9.80 Å². The van der Waals surface area contributed by atoms with Gasteiger partial charge in [0, 0.05) is 25.4 Å². The van der Waals surface area contributed by atoms with Crippen molar-refractivity contribution < 1.29 is 18.0 Å². The molecule has 0 bridgehead atoms. The zero-order chi connectivity index (χ0) is 22.3. The number of sulfone groups is 1. The van der Waals surface area contributed by atoms with Crippen LogP contribution in [0.2, 0.25) is 0 Å². The summed E-state index contributed by atoms with van der Waals surface area (Å²) >= 11 is 0. The molecule has 0 spiro atoms. The van der Waals surface area contributed by atoms with E-state index in [-0.39, 0.29) is 35.2 Å². The Morgan fingerprint density at radius 2 is 1.55 bits per heavy atom. The van der Waals surface area contributed by atoms with E-state index in [1.54, 1.807) is 6.92 Å². The van der Waals surface area contributed by atoms with E-state index in [0.29, 0.717) is 36.5 Å². The van der Waals surface area contributed by atoms with E-state index >= 15 is 0 Å². The van der Waals surface area contributed by atoms with Crippen LogP contribution in [0, 0.1) is 17.8 Å². The molecule has 6 nitrogen and oxygen atoms in total. The van der Waals surface area contributed by atoms with Crippen molar-refractivity contribution in [3.63, 3.8) is 0 Å². The minimum Gasteiger partial charge on any atom is -0.335 e. The van der Waals surface area contributed by atoms with Crippen molar-refractivity contribution in [2.45, 2.75) is 108 Å². The third-order valence-corrected chi connectivity index (χ3v) is 10.9. The van der Waals surface area contributed by atoms with E-state index in [0.717, 1.165) is 57.8 Å². The van der Waals surface area contributed by atoms with Gasteiger partial charge in [0.15, 0.2) is 9.84 Å². The minimum absolute atomic E-state index is 0.0808. The van der Waals surface area contributed by atoms with Gasteiger partial charge in [-0.3, -0.25) is 9.59 Å². The number of rotatable bonds is 5. The second kappa shape index (κ2) is 9.03. The zero-order valence-corrected chi connectivity index (χ0v) is 20.3. The predicted molar refractivity (Wildman–Crippen MR) is 121 cm³/mol. The molecule has 4 atom stereocenters. The summed E-state index contributed by atoms with van der Waals surface area (Å²) in [6.45, 7) is 6.33. The summed E-state index contributed by atoms with van der Waals surface area (Å²) in [6.07, 6.45) is 9.28. The molecule has 1 heterocycles. The van der Waals surface area contributed by atoms with Crippen molar-refractivity contribution in [3.05, 3.63) is 0 Å². The highest BCUT2D eigenvalue weighted by atomic mass is 32.2. The lowest BCUT2D eigenvalue weighted by Crippen LogP contribution is -2.67. The van der Waals surface area contributed by atoms with Gasteiger partial charge in [0.1, 0.15) is 0 Å². The number of carbonyl (C=O) groups is 2. The Hall–Kier alpha value is -1.11. The lowest BCUT2D eigenvalue weighted by atomic mass is 9.69. The van der Waals surface area contributed by atoms with Crippen LogP contribution in [0.4, 0.5) is 0 Å².